The number of amides is 1. The fraction of sp³-hybridized carbons (Fsp3) is 0.385. The first-order valence-electron chi connectivity index (χ1n) is 6.09. The van der Waals surface area contributed by atoms with Crippen molar-refractivity contribution in [3.05, 3.63) is 23.8 Å². The smallest absolute Gasteiger partial charge is 0.304 e. The molecule has 4 N–H and O–H groups in total. The van der Waals surface area contributed by atoms with E-state index in [4.69, 9.17) is 10.8 Å². The molecule has 1 atom stereocenters. The third-order valence-electron chi connectivity index (χ3n) is 3.16. The summed E-state index contributed by atoms with van der Waals surface area (Å²) in [4.78, 5) is 24.1. The molecular formula is C13H17N3O3. The van der Waals surface area contributed by atoms with Crippen molar-refractivity contribution in [3.63, 3.8) is 0 Å². The van der Waals surface area contributed by atoms with E-state index in [0.717, 1.165) is 16.9 Å². The third-order valence-corrected chi connectivity index (χ3v) is 3.16. The molecule has 0 saturated carbocycles. The Morgan fingerprint density at radius 2 is 2.32 bits per heavy atom. The van der Waals surface area contributed by atoms with Crippen LogP contribution < -0.4 is 16.0 Å². The van der Waals surface area contributed by atoms with Crippen LogP contribution in [0.25, 0.3) is 0 Å². The molecule has 102 valence electrons. The number of hydrogen-bond donors (Lipinski definition) is 3. The maximum atomic E-state index is 12.0. The molecule has 6 nitrogen and oxygen atoms in total. The average molecular weight is 263 g/mol. The fourth-order valence-electron chi connectivity index (χ4n) is 2.26. The van der Waals surface area contributed by atoms with Gasteiger partial charge in [0.25, 0.3) is 0 Å². The van der Waals surface area contributed by atoms with Gasteiger partial charge in [-0.05, 0) is 23.8 Å². The number of anilines is 2. The Labute approximate surface area is 111 Å². The van der Waals surface area contributed by atoms with Crippen LogP contribution in [0.15, 0.2) is 18.2 Å². The second-order valence-electron chi connectivity index (χ2n) is 4.63. The average Bonchev–Trinajstić information content (AvgIpc) is 2.64. The summed E-state index contributed by atoms with van der Waals surface area (Å²) in [6, 6.07) is 5.11. The van der Waals surface area contributed by atoms with Crippen LogP contribution >= 0.6 is 0 Å². The van der Waals surface area contributed by atoms with Gasteiger partial charge in [-0.2, -0.15) is 0 Å². The number of carboxylic acid groups (broad SMARTS) is 1. The van der Waals surface area contributed by atoms with Gasteiger partial charge < -0.3 is 21.1 Å². The molecule has 2 rings (SSSR count). The maximum Gasteiger partial charge on any atom is 0.304 e. The molecule has 0 aliphatic carbocycles. The Bertz CT molecular complexity index is 516. The Morgan fingerprint density at radius 1 is 1.58 bits per heavy atom. The van der Waals surface area contributed by atoms with E-state index < -0.39 is 12.0 Å². The quantitative estimate of drug-likeness (QED) is 0.715. The van der Waals surface area contributed by atoms with Gasteiger partial charge in [-0.1, -0.05) is 0 Å². The Hall–Kier alpha value is -2.08. The van der Waals surface area contributed by atoms with E-state index in [2.05, 4.69) is 5.32 Å². The lowest BCUT2D eigenvalue weighted by molar-refractivity contribution is -0.137. The lowest BCUT2D eigenvalue weighted by Crippen LogP contribution is -2.40. The number of carboxylic acids is 1. The first-order chi connectivity index (χ1) is 9.01. The zero-order valence-electron chi connectivity index (χ0n) is 10.7. The molecule has 1 aromatic rings. The van der Waals surface area contributed by atoms with Gasteiger partial charge in [-0.25, -0.2) is 0 Å². The lowest BCUT2D eigenvalue weighted by Gasteiger charge is -2.21. The molecule has 1 heterocycles. The summed E-state index contributed by atoms with van der Waals surface area (Å²) in [5, 5.41) is 11.7. The monoisotopic (exact) mass is 263 g/mol. The van der Waals surface area contributed by atoms with Crippen LogP contribution in [-0.4, -0.2) is 36.6 Å². The number of rotatable bonds is 5. The van der Waals surface area contributed by atoms with E-state index in [-0.39, 0.29) is 18.9 Å². The number of nitrogens with one attached hydrogen (secondary N) is 1. The van der Waals surface area contributed by atoms with Crippen LogP contribution in [0.1, 0.15) is 12.0 Å². The van der Waals surface area contributed by atoms with Gasteiger partial charge in [0.2, 0.25) is 5.91 Å². The SMILES string of the molecule is CNc1ccc2c(c1)CC(=O)N2CC(N)CC(=O)O. The zero-order chi connectivity index (χ0) is 14.0. The Kier molecular flexibility index (Phi) is 3.71. The summed E-state index contributed by atoms with van der Waals surface area (Å²) < 4.78 is 0. The molecular weight excluding hydrogens is 246 g/mol. The Balaban J connectivity index is 2.16. The molecule has 0 radical (unpaired) electrons. The standard InChI is InChI=1S/C13H17N3O3/c1-15-10-2-3-11-8(4-10)5-12(17)16(11)7-9(14)6-13(18)19/h2-4,9,15H,5-7,14H2,1H3,(H,18,19). The van der Waals surface area contributed by atoms with Crippen molar-refractivity contribution in [1.29, 1.82) is 0 Å². The molecule has 0 spiro atoms. The molecule has 6 heteroatoms. The van der Waals surface area contributed by atoms with E-state index in [1.807, 2.05) is 25.2 Å². The number of carbonyl (C=O) groups excluding carboxylic acids is 1. The van der Waals surface area contributed by atoms with Crippen LogP contribution in [-0.2, 0) is 16.0 Å². The molecule has 0 saturated heterocycles. The lowest BCUT2D eigenvalue weighted by atomic mass is 10.1. The predicted octanol–water partition coefficient (Wildman–Crippen LogP) is 0.419. The van der Waals surface area contributed by atoms with Crippen LogP contribution in [0.2, 0.25) is 0 Å². The largest absolute Gasteiger partial charge is 0.481 e. The Morgan fingerprint density at radius 3 is 2.95 bits per heavy atom. The number of nitrogens with zero attached hydrogens (tertiary/aromatic N) is 1. The van der Waals surface area contributed by atoms with Crippen molar-refractivity contribution >= 4 is 23.3 Å². The summed E-state index contributed by atoms with van der Waals surface area (Å²) in [6.45, 7) is 0.233. The minimum absolute atomic E-state index is 0.0379. The van der Waals surface area contributed by atoms with Gasteiger partial charge >= 0.3 is 5.97 Å². The van der Waals surface area contributed by atoms with Gasteiger partial charge in [0.1, 0.15) is 0 Å². The van der Waals surface area contributed by atoms with Gasteiger partial charge in [-0.15, -0.1) is 0 Å². The highest BCUT2D eigenvalue weighted by Gasteiger charge is 2.28. The van der Waals surface area contributed by atoms with Crippen LogP contribution in [0, 0.1) is 0 Å². The topological polar surface area (TPSA) is 95.7 Å². The van der Waals surface area contributed by atoms with Crippen LogP contribution in [0.5, 0.6) is 0 Å². The zero-order valence-corrected chi connectivity index (χ0v) is 10.7. The van der Waals surface area contributed by atoms with Gasteiger partial charge in [0.05, 0.1) is 12.8 Å². The predicted molar refractivity (Wildman–Crippen MR) is 72.3 cm³/mol. The number of aliphatic carboxylic acids is 1. The van der Waals surface area contributed by atoms with Crippen molar-refractivity contribution in [3.8, 4) is 0 Å². The van der Waals surface area contributed by atoms with Gasteiger partial charge in [0, 0.05) is 31.0 Å². The van der Waals surface area contributed by atoms with E-state index in [1.165, 1.54) is 0 Å². The molecule has 1 aliphatic heterocycles. The highest BCUT2D eigenvalue weighted by Crippen LogP contribution is 2.31. The number of fused-ring (bicyclic) bond motifs is 1. The number of carbonyl (C=O) groups is 2. The van der Waals surface area contributed by atoms with Crippen LogP contribution in [0.4, 0.5) is 11.4 Å². The van der Waals surface area contributed by atoms with E-state index >= 15 is 0 Å². The van der Waals surface area contributed by atoms with Crippen molar-refractivity contribution in [2.24, 2.45) is 5.73 Å². The minimum atomic E-state index is -0.954. The molecule has 0 fully saturated rings. The summed E-state index contributed by atoms with van der Waals surface area (Å²) in [5.41, 5.74) is 8.46. The van der Waals surface area contributed by atoms with Gasteiger partial charge in [0.15, 0.2) is 0 Å². The summed E-state index contributed by atoms with van der Waals surface area (Å²) in [6.07, 6.45) is 0.193. The molecule has 1 unspecified atom stereocenters. The summed E-state index contributed by atoms with van der Waals surface area (Å²) in [7, 11) is 1.82. The second-order valence-corrected chi connectivity index (χ2v) is 4.63. The molecule has 0 aromatic heterocycles. The normalized spacial score (nSPS) is 15.3. The van der Waals surface area contributed by atoms with Crippen molar-refractivity contribution in [2.75, 3.05) is 23.8 Å². The number of nitrogens with two attached hydrogens (primary N) is 1. The summed E-state index contributed by atoms with van der Waals surface area (Å²) in [5.74, 6) is -0.992. The first kappa shape index (κ1) is 13.4. The molecule has 0 bridgehead atoms. The maximum absolute atomic E-state index is 12.0. The van der Waals surface area contributed by atoms with E-state index in [1.54, 1.807) is 4.90 Å². The van der Waals surface area contributed by atoms with E-state index in [9.17, 15) is 9.59 Å². The van der Waals surface area contributed by atoms with E-state index in [0.29, 0.717) is 6.42 Å². The number of benzene rings is 1. The highest BCUT2D eigenvalue weighted by molar-refractivity contribution is 6.01. The van der Waals surface area contributed by atoms with Crippen LogP contribution in [0.3, 0.4) is 0 Å². The fourth-order valence-corrected chi connectivity index (χ4v) is 2.26. The highest BCUT2D eigenvalue weighted by atomic mass is 16.4. The molecule has 1 amide bonds. The number of hydrogen-bond acceptors (Lipinski definition) is 4. The third kappa shape index (κ3) is 2.85. The van der Waals surface area contributed by atoms with Crippen molar-refractivity contribution in [1.82, 2.24) is 0 Å². The minimum Gasteiger partial charge on any atom is -0.481 e. The first-order valence-corrected chi connectivity index (χ1v) is 6.09. The summed E-state index contributed by atoms with van der Waals surface area (Å²) >= 11 is 0. The molecule has 1 aliphatic rings. The van der Waals surface area contributed by atoms with Crippen molar-refractivity contribution in [2.45, 2.75) is 18.9 Å². The molecule has 19 heavy (non-hydrogen) atoms. The van der Waals surface area contributed by atoms with Gasteiger partial charge in [-0.3, -0.25) is 9.59 Å². The van der Waals surface area contributed by atoms with Crippen molar-refractivity contribution < 1.29 is 14.7 Å². The second kappa shape index (κ2) is 5.27. The molecule has 1 aromatic carbocycles.